The maximum Gasteiger partial charge on any atom is 0.337 e. The highest BCUT2D eigenvalue weighted by Gasteiger charge is 2.28. The van der Waals surface area contributed by atoms with Gasteiger partial charge in [-0.2, -0.15) is 0 Å². The molecule has 25 heavy (non-hydrogen) atoms. The topological polar surface area (TPSA) is 81.7 Å². The van der Waals surface area contributed by atoms with E-state index in [1.165, 1.54) is 7.11 Å². The summed E-state index contributed by atoms with van der Waals surface area (Å²) in [5, 5.41) is 2.78. The van der Waals surface area contributed by atoms with Gasteiger partial charge in [0, 0.05) is 18.0 Å². The smallest absolute Gasteiger partial charge is 0.337 e. The number of benzene rings is 2. The standard InChI is InChI=1S/C19H17NO5/c1-24-19(23)12-6-8-14(9-7-12)20-17(21)10-13-11-18(22)25-16-5-3-2-4-15(13)16/h2-9,13H,10-11H2,1H3,(H,20,21). The largest absolute Gasteiger partial charge is 0.465 e. The molecule has 0 saturated heterocycles. The predicted molar refractivity (Wildman–Crippen MR) is 90.5 cm³/mol. The number of hydrogen-bond acceptors (Lipinski definition) is 5. The molecule has 0 aromatic heterocycles. The molecule has 1 atom stereocenters. The first kappa shape index (κ1) is 16.7. The van der Waals surface area contributed by atoms with E-state index in [4.69, 9.17) is 4.74 Å². The lowest BCUT2D eigenvalue weighted by molar-refractivity contribution is -0.136. The predicted octanol–water partition coefficient (Wildman–Crippen LogP) is 2.89. The van der Waals surface area contributed by atoms with Crippen LogP contribution in [-0.4, -0.2) is 25.0 Å². The molecular weight excluding hydrogens is 322 g/mol. The van der Waals surface area contributed by atoms with Crippen molar-refractivity contribution in [3.05, 3.63) is 59.7 Å². The normalized spacial score (nSPS) is 15.7. The van der Waals surface area contributed by atoms with E-state index in [0.29, 0.717) is 17.0 Å². The fourth-order valence-corrected chi connectivity index (χ4v) is 2.81. The molecule has 2 aromatic carbocycles. The van der Waals surface area contributed by atoms with Gasteiger partial charge < -0.3 is 14.8 Å². The fourth-order valence-electron chi connectivity index (χ4n) is 2.81. The minimum absolute atomic E-state index is 0.171. The first-order valence-electron chi connectivity index (χ1n) is 7.84. The zero-order chi connectivity index (χ0) is 17.8. The van der Waals surface area contributed by atoms with Gasteiger partial charge in [0.25, 0.3) is 0 Å². The second kappa shape index (κ2) is 7.17. The number of para-hydroxylation sites is 1. The summed E-state index contributed by atoms with van der Waals surface area (Å²) >= 11 is 0. The van der Waals surface area contributed by atoms with E-state index in [9.17, 15) is 14.4 Å². The first-order chi connectivity index (χ1) is 12.1. The van der Waals surface area contributed by atoms with E-state index in [1.54, 1.807) is 36.4 Å². The number of anilines is 1. The van der Waals surface area contributed by atoms with E-state index < -0.39 is 5.97 Å². The molecule has 0 bridgehead atoms. The van der Waals surface area contributed by atoms with Crippen molar-refractivity contribution in [2.75, 3.05) is 12.4 Å². The van der Waals surface area contributed by atoms with Crippen molar-refractivity contribution in [3.63, 3.8) is 0 Å². The van der Waals surface area contributed by atoms with Crippen LogP contribution in [-0.2, 0) is 14.3 Å². The molecule has 128 valence electrons. The van der Waals surface area contributed by atoms with Gasteiger partial charge in [0.05, 0.1) is 19.1 Å². The Bertz CT molecular complexity index is 813. The van der Waals surface area contributed by atoms with Gasteiger partial charge >= 0.3 is 11.9 Å². The van der Waals surface area contributed by atoms with Crippen molar-refractivity contribution in [3.8, 4) is 5.75 Å². The molecule has 0 radical (unpaired) electrons. The summed E-state index contributed by atoms with van der Waals surface area (Å²) < 4.78 is 9.82. The Morgan fingerprint density at radius 3 is 2.60 bits per heavy atom. The quantitative estimate of drug-likeness (QED) is 0.684. The highest BCUT2D eigenvalue weighted by Crippen LogP contribution is 2.36. The van der Waals surface area contributed by atoms with E-state index in [2.05, 4.69) is 10.1 Å². The van der Waals surface area contributed by atoms with E-state index in [1.807, 2.05) is 12.1 Å². The SMILES string of the molecule is COC(=O)c1ccc(NC(=O)CC2CC(=O)Oc3ccccc32)cc1. The number of ether oxygens (including phenoxy) is 2. The third-order valence-corrected chi connectivity index (χ3v) is 4.02. The van der Waals surface area contributed by atoms with Gasteiger partial charge in [-0.25, -0.2) is 4.79 Å². The Morgan fingerprint density at radius 2 is 1.88 bits per heavy atom. The minimum Gasteiger partial charge on any atom is -0.465 e. The Kier molecular flexibility index (Phi) is 4.79. The lowest BCUT2D eigenvalue weighted by atomic mass is 9.89. The van der Waals surface area contributed by atoms with Crippen LogP contribution in [0.15, 0.2) is 48.5 Å². The number of carbonyl (C=O) groups excluding carboxylic acids is 3. The highest BCUT2D eigenvalue weighted by atomic mass is 16.5. The van der Waals surface area contributed by atoms with Crippen LogP contribution in [0.2, 0.25) is 0 Å². The average Bonchev–Trinajstić information content (AvgIpc) is 2.61. The van der Waals surface area contributed by atoms with Gasteiger partial charge in [-0.3, -0.25) is 9.59 Å². The second-order valence-electron chi connectivity index (χ2n) is 5.73. The highest BCUT2D eigenvalue weighted by molar-refractivity contribution is 5.93. The molecule has 0 aliphatic carbocycles. The van der Waals surface area contributed by atoms with Crippen LogP contribution in [0, 0.1) is 0 Å². The Hall–Kier alpha value is -3.15. The van der Waals surface area contributed by atoms with Crippen LogP contribution in [0.25, 0.3) is 0 Å². The van der Waals surface area contributed by atoms with Crippen molar-refractivity contribution < 1.29 is 23.9 Å². The van der Waals surface area contributed by atoms with Gasteiger partial charge in [0.1, 0.15) is 5.75 Å². The van der Waals surface area contributed by atoms with Crippen molar-refractivity contribution in [2.45, 2.75) is 18.8 Å². The van der Waals surface area contributed by atoms with Crippen molar-refractivity contribution in [1.82, 2.24) is 0 Å². The van der Waals surface area contributed by atoms with Crippen LogP contribution in [0.4, 0.5) is 5.69 Å². The molecule has 1 aliphatic heterocycles. The Morgan fingerprint density at radius 1 is 1.16 bits per heavy atom. The molecule has 1 heterocycles. The van der Waals surface area contributed by atoms with Crippen LogP contribution < -0.4 is 10.1 Å². The number of esters is 2. The molecule has 1 N–H and O–H groups in total. The van der Waals surface area contributed by atoms with Crippen molar-refractivity contribution in [2.24, 2.45) is 0 Å². The van der Waals surface area contributed by atoms with Gasteiger partial charge in [0.15, 0.2) is 0 Å². The fraction of sp³-hybridized carbons (Fsp3) is 0.211. The zero-order valence-corrected chi connectivity index (χ0v) is 13.7. The summed E-state index contributed by atoms with van der Waals surface area (Å²) in [5.41, 5.74) is 1.84. The molecule has 1 aliphatic rings. The van der Waals surface area contributed by atoms with Crippen LogP contribution >= 0.6 is 0 Å². The third-order valence-electron chi connectivity index (χ3n) is 4.02. The van der Waals surface area contributed by atoms with E-state index in [0.717, 1.165) is 5.56 Å². The second-order valence-corrected chi connectivity index (χ2v) is 5.73. The van der Waals surface area contributed by atoms with Crippen molar-refractivity contribution in [1.29, 1.82) is 0 Å². The number of methoxy groups -OCH3 is 1. The molecule has 6 heteroatoms. The van der Waals surface area contributed by atoms with E-state index in [-0.39, 0.29) is 30.6 Å². The Labute approximate surface area is 144 Å². The van der Waals surface area contributed by atoms with Gasteiger partial charge in [-0.05, 0) is 35.9 Å². The van der Waals surface area contributed by atoms with Crippen LogP contribution in [0.3, 0.4) is 0 Å². The molecule has 0 spiro atoms. The zero-order valence-electron chi connectivity index (χ0n) is 13.7. The van der Waals surface area contributed by atoms with Crippen LogP contribution in [0.1, 0.15) is 34.7 Å². The molecule has 1 amide bonds. The maximum atomic E-state index is 12.3. The monoisotopic (exact) mass is 339 g/mol. The average molecular weight is 339 g/mol. The molecule has 3 rings (SSSR count). The summed E-state index contributed by atoms with van der Waals surface area (Å²) in [4.78, 5) is 35.4. The van der Waals surface area contributed by atoms with Gasteiger partial charge in [-0.1, -0.05) is 18.2 Å². The molecule has 0 saturated carbocycles. The summed E-state index contributed by atoms with van der Waals surface area (Å²) in [6.45, 7) is 0. The maximum absolute atomic E-state index is 12.3. The number of hydrogen-bond donors (Lipinski definition) is 1. The van der Waals surface area contributed by atoms with Gasteiger partial charge in [-0.15, -0.1) is 0 Å². The molecule has 1 unspecified atom stereocenters. The number of carbonyl (C=O) groups is 3. The molecular formula is C19H17NO5. The number of amides is 1. The lowest BCUT2D eigenvalue weighted by Gasteiger charge is -2.23. The molecule has 0 fully saturated rings. The summed E-state index contributed by atoms with van der Waals surface area (Å²) in [7, 11) is 1.31. The summed E-state index contributed by atoms with van der Waals surface area (Å²) in [6.07, 6.45) is 0.344. The van der Waals surface area contributed by atoms with E-state index >= 15 is 0 Å². The third kappa shape index (κ3) is 3.85. The van der Waals surface area contributed by atoms with Crippen LogP contribution in [0.5, 0.6) is 5.75 Å². The first-order valence-corrected chi connectivity index (χ1v) is 7.84. The summed E-state index contributed by atoms with van der Waals surface area (Å²) in [6, 6.07) is 13.7. The number of fused-ring (bicyclic) bond motifs is 1. The minimum atomic E-state index is -0.435. The number of rotatable bonds is 4. The summed E-state index contributed by atoms with van der Waals surface area (Å²) in [5.74, 6) is -0.680. The molecule has 2 aromatic rings. The lowest BCUT2D eigenvalue weighted by Crippen LogP contribution is -2.24. The van der Waals surface area contributed by atoms with Crippen molar-refractivity contribution >= 4 is 23.5 Å². The Balaban J connectivity index is 1.67. The number of nitrogens with one attached hydrogen (secondary N) is 1. The molecule has 6 nitrogen and oxygen atoms in total. The van der Waals surface area contributed by atoms with Gasteiger partial charge in [0.2, 0.25) is 5.91 Å².